The summed E-state index contributed by atoms with van der Waals surface area (Å²) in [4.78, 5) is 27.8. The summed E-state index contributed by atoms with van der Waals surface area (Å²) in [5, 5.41) is 2.61. The van der Waals surface area contributed by atoms with Crippen LogP contribution in [0.4, 0.5) is 5.69 Å². The number of carbonyl (C=O) groups excluding carboxylic acids is 2. The van der Waals surface area contributed by atoms with Crippen molar-refractivity contribution in [3.63, 3.8) is 0 Å². The van der Waals surface area contributed by atoms with Crippen molar-refractivity contribution in [2.24, 2.45) is 0 Å². The molecule has 2 aromatic carbocycles. The molecule has 0 fully saturated rings. The zero-order chi connectivity index (χ0) is 25.6. The van der Waals surface area contributed by atoms with Crippen molar-refractivity contribution in [1.29, 1.82) is 0 Å². The Kier molecular flexibility index (Phi) is 8.61. The van der Waals surface area contributed by atoms with Crippen molar-refractivity contribution >= 4 is 27.5 Å². The Morgan fingerprint density at radius 1 is 1.06 bits per heavy atom. The highest BCUT2D eigenvalue weighted by atomic mass is 32.2. The minimum Gasteiger partial charge on any atom is -0.486 e. The van der Waals surface area contributed by atoms with Crippen molar-refractivity contribution in [2.45, 2.75) is 39.8 Å². The third-order valence-corrected chi connectivity index (χ3v) is 7.60. The van der Waals surface area contributed by atoms with Crippen LogP contribution in [-0.4, -0.2) is 63.7 Å². The number of likely N-dealkylation sites (N-methyl/N-ethyl adjacent to an activating group) is 1. The number of ether oxygens (including phenoxy) is 2. The van der Waals surface area contributed by atoms with E-state index in [0.717, 1.165) is 15.4 Å². The van der Waals surface area contributed by atoms with Crippen molar-refractivity contribution < 1.29 is 27.5 Å². The molecule has 10 heteroatoms. The maximum absolute atomic E-state index is 13.7. The first-order valence-electron chi connectivity index (χ1n) is 11.7. The van der Waals surface area contributed by atoms with E-state index in [0.29, 0.717) is 36.8 Å². The SMILES string of the molecule is CCC(C(=O)NC)N(Cc1cccc(C)c1)C(=O)CN(c1ccc2c(c1)OCCO2)S(=O)(=O)CC. The van der Waals surface area contributed by atoms with Crippen molar-refractivity contribution in [3.8, 4) is 11.5 Å². The summed E-state index contributed by atoms with van der Waals surface area (Å²) in [5.41, 5.74) is 2.17. The van der Waals surface area contributed by atoms with Gasteiger partial charge < -0.3 is 19.7 Å². The number of sulfonamides is 1. The molecular formula is C25H33N3O6S. The minimum atomic E-state index is -3.82. The smallest absolute Gasteiger partial charge is 0.244 e. The van der Waals surface area contributed by atoms with Crippen LogP contribution in [0.25, 0.3) is 0 Å². The molecule has 0 aliphatic carbocycles. The van der Waals surface area contributed by atoms with E-state index >= 15 is 0 Å². The molecule has 190 valence electrons. The lowest BCUT2D eigenvalue weighted by atomic mass is 10.1. The number of anilines is 1. The Bertz CT molecular complexity index is 1170. The number of aryl methyl sites for hydroxylation is 1. The van der Waals surface area contributed by atoms with Crippen LogP contribution < -0.4 is 19.1 Å². The Hall–Kier alpha value is -3.27. The number of hydrogen-bond acceptors (Lipinski definition) is 6. The van der Waals surface area contributed by atoms with Gasteiger partial charge in [-0.05, 0) is 38.0 Å². The van der Waals surface area contributed by atoms with Gasteiger partial charge in [-0.25, -0.2) is 8.42 Å². The quantitative estimate of drug-likeness (QED) is 0.534. The summed E-state index contributed by atoms with van der Waals surface area (Å²) in [7, 11) is -2.30. The fourth-order valence-corrected chi connectivity index (χ4v) is 5.05. The zero-order valence-corrected chi connectivity index (χ0v) is 21.4. The molecule has 1 N–H and O–H groups in total. The fourth-order valence-electron chi connectivity index (χ4n) is 4.00. The molecule has 9 nitrogen and oxygen atoms in total. The van der Waals surface area contributed by atoms with E-state index in [1.165, 1.54) is 18.9 Å². The highest BCUT2D eigenvalue weighted by molar-refractivity contribution is 7.92. The molecule has 1 unspecified atom stereocenters. The molecule has 0 radical (unpaired) electrons. The molecule has 1 aliphatic heterocycles. The minimum absolute atomic E-state index is 0.174. The van der Waals surface area contributed by atoms with Crippen LogP contribution in [0.2, 0.25) is 0 Å². The van der Waals surface area contributed by atoms with E-state index in [4.69, 9.17) is 9.47 Å². The normalized spacial score (nSPS) is 13.6. The third-order valence-electron chi connectivity index (χ3n) is 5.86. The summed E-state index contributed by atoms with van der Waals surface area (Å²) < 4.78 is 38.3. The molecule has 0 spiro atoms. The molecule has 2 amide bonds. The zero-order valence-electron chi connectivity index (χ0n) is 20.6. The van der Waals surface area contributed by atoms with Crippen LogP contribution in [0.1, 0.15) is 31.4 Å². The molecule has 2 aromatic rings. The van der Waals surface area contributed by atoms with Crippen LogP contribution in [0.3, 0.4) is 0 Å². The molecule has 1 heterocycles. The van der Waals surface area contributed by atoms with Gasteiger partial charge in [0.05, 0.1) is 11.4 Å². The van der Waals surface area contributed by atoms with Gasteiger partial charge in [0, 0.05) is 19.7 Å². The van der Waals surface area contributed by atoms with Crippen molar-refractivity contribution in [3.05, 3.63) is 53.6 Å². The lowest BCUT2D eigenvalue weighted by Gasteiger charge is -2.33. The number of hydrogen-bond donors (Lipinski definition) is 1. The number of nitrogens with one attached hydrogen (secondary N) is 1. The van der Waals surface area contributed by atoms with Crippen molar-refractivity contribution in [2.75, 3.05) is 36.9 Å². The summed E-state index contributed by atoms with van der Waals surface area (Å²) in [6.45, 7) is 5.77. The average Bonchev–Trinajstić information content (AvgIpc) is 2.86. The van der Waals surface area contributed by atoms with Crippen molar-refractivity contribution in [1.82, 2.24) is 10.2 Å². The van der Waals surface area contributed by atoms with Crippen LogP contribution in [0.15, 0.2) is 42.5 Å². The van der Waals surface area contributed by atoms with Gasteiger partial charge >= 0.3 is 0 Å². The van der Waals surface area contributed by atoms with Crippen LogP contribution >= 0.6 is 0 Å². The summed E-state index contributed by atoms with van der Waals surface area (Å²) in [6, 6.07) is 11.7. The molecule has 3 rings (SSSR count). The summed E-state index contributed by atoms with van der Waals surface area (Å²) >= 11 is 0. The number of fused-ring (bicyclic) bond motifs is 1. The largest absolute Gasteiger partial charge is 0.486 e. The maximum atomic E-state index is 13.7. The lowest BCUT2D eigenvalue weighted by Crippen LogP contribution is -2.52. The van der Waals surface area contributed by atoms with Crippen LogP contribution in [0.5, 0.6) is 11.5 Å². The first-order valence-corrected chi connectivity index (χ1v) is 13.3. The van der Waals surface area contributed by atoms with E-state index in [9.17, 15) is 18.0 Å². The van der Waals surface area contributed by atoms with Gasteiger partial charge in [-0.1, -0.05) is 36.8 Å². The van der Waals surface area contributed by atoms with Gasteiger partial charge in [0.1, 0.15) is 25.8 Å². The topological polar surface area (TPSA) is 105 Å². The Morgan fingerprint density at radius 3 is 2.40 bits per heavy atom. The van der Waals surface area contributed by atoms with Gasteiger partial charge in [0.2, 0.25) is 21.8 Å². The second-order valence-electron chi connectivity index (χ2n) is 8.28. The standard InChI is InChI=1S/C25H33N3O6S/c1-5-21(25(30)26-4)27(16-19-9-7-8-18(3)14-19)24(29)17-28(35(31,32)6-2)20-10-11-22-23(15-20)34-13-12-33-22/h7-11,14-15,21H,5-6,12-13,16-17H2,1-4H3,(H,26,30). The first kappa shape index (κ1) is 26.3. The molecule has 1 aliphatic rings. The maximum Gasteiger partial charge on any atom is 0.244 e. The highest BCUT2D eigenvalue weighted by Crippen LogP contribution is 2.35. The van der Waals surface area contributed by atoms with E-state index in [2.05, 4.69) is 5.32 Å². The Labute approximate surface area is 207 Å². The molecule has 0 aromatic heterocycles. The molecule has 35 heavy (non-hydrogen) atoms. The Morgan fingerprint density at radius 2 is 1.77 bits per heavy atom. The first-order chi connectivity index (χ1) is 16.7. The average molecular weight is 504 g/mol. The van der Waals surface area contributed by atoms with Crippen LogP contribution in [-0.2, 0) is 26.2 Å². The van der Waals surface area contributed by atoms with Crippen LogP contribution in [0, 0.1) is 6.92 Å². The van der Waals surface area contributed by atoms with E-state index in [-0.39, 0.29) is 18.2 Å². The lowest BCUT2D eigenvalue weighted by molar-refractivity contribution is -0.140. The highest BCUT2D eigenvalue weighted by Gasteiger charge is 2.32. The predicted molar refractivity (Wildman–Crippen MR) is 134 cm³/mol. The van der Waals surface area contributed by atoms with Gasteiger partial charge in [-0.15, -0.1) is 0 Å². The third kappa shape index (κ3) is 6.25. The number of amides is 2. The monoisotopic (exact) mass is 503 g/mol. The molecule has 0 saturated heterocycles. The molecule has 1 atom stereocenters. The van der Waals surface area contributed by atoms with E-state index < -0.39 is 28.5 Å². The van der Waals surface area contributed by atoms with Gasteiger partial charge in [0.25, 0.3) is 0 Å². The van der Waals surface area contributed by atoms with Gasteiger partial charge in [0.15, 0.2) is 11.5 Å². The second kappa shape index (κ2) is 11.4. The predicted octanol–water partition coefficient (Wildman–Crippen LogP) is 2.48. The second-order valence-corrected chi connectivity index (χ2v) is 10.5. The fraction of sp³-hybridized carbons (Fsp3) is 0.440. The molecule has 0 saturated carbocycles. The Balaban J connectivity index is 1.98. The van der Waals surface area contributed by atoms with Gasteiger partial charge in [-0.2, -0.15) is 0 Å². The summed E-state index contributed by atoms with van der Waals surface area (Å²) in [5.74, 6) is -0.0383. The number of rotatable bonds is 10. The number of nitrogens with zero attached hydrogens (tertiary/aromatic N) is 2. The van der Waals surface area contributed by atoms with E-state index in [1.807, 2.05) is 38.1 Å². The van der Waals surface area contributed by atoms with Gasteiger partial charge in [-0.3, -0.25) is 13.9 Å². The van der Waals surface area contributed by atoms with E-state index in [1.54, 1.807) is 18.2 Å². The summed E-state index contributed by atoms with van der Waals surface area (Å²) in [6.07, 6.45) is 0.377. The molecular weight excluding hydrogens is 470 g/mol. The number of benzene rings is 2. The molecule has 0 bridgehead atoms. The number of carbonyl (C=O) groups is 2.